The molecule has 0 bridgehead atoms. The molecule has 2 aromatic rings. The molecule has 2 aliphatic rings. The van der Waals surface area contributed by atoms with E-state index < -0.39 is 5.41 Å². The molecule has 21 heavy (non-hydrogen) atoms. The lowest BCUT2D eigenvalue weighted by molar-refractivity contribution is -0.126. The SMILES string of the molecule is C[C@]12CCc3c(ccc4cc(O)ccc34)[C@@H]1C(=O)CC2=O. The summed E-state index contributed by atoms with van der Waals surface area (Å²) >= 11 is 0. The maximum atomic E-state index is 12.3. The van der Waals surface area contributed by atoms with Gasteiger partial charge < -0.3 is 5.11 Å². The topological polar surface area (TPSA) is 54.4 Å². The van der Waals surface area contributed by atoms with Gasteiger partial charge in [-0.25, -0.2) is 0 Å². The van der Waals surface area contributed by atoms with E-state index in [9.17, 15) is 14.7 Å². The lowest BCUT2D eigenvalue weighted by Crippen LogP contribution is -2.33. The fraction of sp³-hybridized carbons (Fsp3) is 0.333. The molecule has 3 heteroatoms. The second-order valence-electron chi connectivity index (χ2n) is 6.46. The number of hydrogen-bond donors (Lipinski definition) is 1. The fourth-order valence-electron chi connectivity index (χ4n) is 4.11. The predicted molar refractivity (Wildman–Crippen MR) is 79.4 cm³/mol. The van der Waals surface area contributed by atoms with Gasteiger partial charge in [-0.15, -0.1) is 0 Å². The van der Waals surface area contributed by atoms with Crippen LogP contribution in [0.25, 0.3) is 10.8 Å². The molecule has 0 saturated heterocycles. The number of phenolic OH excluding ortho intramolecular Hbond substituents is 1. The van der Waals surface area contributed by atoms with Crippen molar-refractivity contribution >= 4 is 22.3 Å². The van der Waals surface area contributed by atoms with Crippen molar-refractivity contribution in [3.63, 3.8) is 0 Å². The van der Waals surface area contributed by atoms with Crippen LogP contribution in [0.5, 0.6) is 5.75 Å². The first-order valence-corrected chi connectivity index (χ1v) is 7.31. The van der Waals surface area contributed by atoms with E-state index in [1.165, 1.54) is 0 Å². The second-order valence-corrected chi connectivity index (χ2v) is 6.46. The van der Waals surface area contributed by atoms with E-state index in [2.05, 4.69) is 0 Å². The summed E-state index contributed by atoms with van der Waals surface area (Å²) in [5, 5.41) is 11.7. The average Bonchev–Trinajstić information content (AvgIpc) is 2.68. The quantitative estimate of drug-likeness (QED) is 0.754. The Labute approximate surface area is 122 Å². The minimum absolute atomic E-state index is 0.0570. The molecule has 1 saturated carbocycles. The summed E-state index contributed by atoms with van der Waals surface area (Å²) in [6.07, 6.45) is 1.62. The maximum Gasteiger partial charge on any atom is 0.148 e. The third-order valence-corrected chi connectivity index (χ3v) is 5.29. The number of benzene rings is 2. The van der Waals surface area contributed by atoms with Gasteiger partial charge in [-0.05, 0) is 46.9 Å². The van der Waals surface area contributed by atoms with E-state index >= 15 is 0 Å². The van der Waals surface area contributed by atoms with Crippen LogP contribution in [0.1, 0.15) is 36.8 Å². The van der Waals surface area contributed by atoms with Crippen LogP contribution < -0.4 is 0 Å². The zero-order chi connectivity index (χ0) is 14.8. The Hall–Kier alpha value is -2.16. The summed E-state index contributed by atoms with van der Waals surface area (Å²) in [6, 6.07) is 9.24. The molecule has 2 aromatic carbocycles. The van der Waals surface area contributed by atoms with Gasteiger partial charge in [-0.2, -0.15) is 0 Å². The molecule has 0 radical (unpaired) electrons. The van der Waals surface area contributed by atoms with E-state index in [1.54, 1.807) is 12.1 Å². The lowest BCUT2D eigenvalue weighted by Gasteiger charge is -2.35. The molecule has 2 aliphatic carbocycles. The number of fused-ring (bicyclic) bond motifs is 5. The molecule has 0 unspecified atom stereocenters. The molecule has 0 amide bonds. The van der Waals surface area contributed by atoms with Crippen LogP contribution in [-0.4, -0.2) is 16.7 Å². The third-order valence-electron chi connectivity index (χ3n) is 5.29. The minimum Gasteiger partial charge on any atom is -0.508 e. The molecule has 2 atom stereocenters. The minimum atomic E-state index is -0.519. The molecule has 0 heterocycles. The summed E-state index contributed by atoms with van der Waals surface area (Å²) < 4.78 is 0. The maximum absolute atomic E-state index is 12.3. The Balaban J connectivity index is 1.99. The molecule has 0 spiro atoms. The van der Waals surface area contributed by atoms with Crippen LogP contribution in [-0.2, 0) is 16.0 Å². The molecular formula is C18H16O3. The highest BCUT2D eigenvalue weighted by Gasteiger charge is 2.54. The van der Waals surface area contributed by atoms with Gasteiger partial charge in [0.1, 0.15) is 17.3 Å². The smallest absolute Gasteiger partial charge is 0.148 e. The number of phenols is 1. The molecule has 0 aliphatic heterocycles. The van der Waals surface area contributed by atoms with Crippen molar-refractivity contribution in [1.82, 2.24) is 0 Å². The van der Waals surface area contributed by atoms with Crippen molar-refractivity contribution in [1.29, 1.82) is 0 Å². The zero-order valence-corrected chi connectivity index (χ0v) is 11.8. The summed E-state index contributed by atoms with van der Waals surface area (Å²) in [4.78, 5) is 24.5. The molecule has 1 N–H and O–H groups in total. The van der Waals surface area contributed by atoms with E-state index in [1.807, 2.05) is 25.1 Å². The van der Waals surface area contributed by atoms with Crippen LogP contribution in [0.2, 0.25) is 0 Å². The van der Waals surface area contributed by atoms with Gasteiger partial charge in [0, 0.05) is 5.41 Å². The molecule has 4 rings (SSSR count). The number of carbonyl (C=O) groups excluding carboxylic acids is 2. The van der Waals surface area contributed by atoms with Crippen molar-refractivity contribution in [2.75, 3.05) is 0 Å². The highest BCUT2D eigenvalue weighted by Crippen LogP contribution is 2.52. The van der Waals surface area contributed by atoms with Gasteiger partial charge >= 0.3 is 0 Å². The number of ketones is 2. The normalized spacial score (nSPS) is 27.8. The Morgan fingerprint density at radius 2 is 2.00 bits per heavy atom. The number of aryl methyl sites for hydroxylation is 1. The van der Waals surface area contributed by atoms with Crippen LogP contribution in [0.15, 0.2) is 30.3 Å². The van der Waals surface area contributed by atoms with E-state index in [-0.39, 0.29) is 29.7 Å². The Morgan fingerprint density at radius 3 is 2.81 bits per heavy atom. The number of hydrogen-bond acceptors (Lipinski definition) is 3. The third kappa shape index (κ3) is 1.54. The van der Waals surface area contributed by atoms with Gasteiger partial charge in [0.05, 0.1) is 12.3 Å². The Bertz CT molecular complexity index is 805. The first-order valence-electron chi connectivity index (χ1n) is 7.31. The fourth-order valence-corrected chi connectivity index (χ4v) is 4.11. The zero-order valence-electron chi connectivity index (χ0n) is 11.8. The van der Waals surface area contributed by atoms with E-state index in [0.29, 0.717) is 0 Å². The van der Waals surface area contributed by atoms with E-state index in [4.69, 9.17) is 0 Å². The average molecular weight is 280 g/mol. The monoisotopic (exact) mass is 280 g/mol. The van der Waals surface area contributed by atoms with Crippen molar-refractivity contribution < 1.29 is 14.7 Å². The lowest BCUT2D eigenvalue weighted by atomic mass is 9.65. The summed E-state index contributed by atoms with van der Waals surface area (Å²) in [7, 11) is 0. The number of carbonyl (C=O) groups is 2. The molecule has 106 valence electrons. The highest BCUT2D eigenvalue weighted by atomic mass is 16.3. The molecule has 3 nitrogen and oxygen atoms in total. The van der Waals surface area contributed by atoms with E-state index in [0.717, 1.165) is 34.7 Å². The largest absolute Gasteiger partial charge is 0.508 e. The van der Waals surface area contributed by atoms with Crippen LogP contribution in [0.3, 0.4) is 0 Å². The van der Waals surface area contributed by atoms with Crippen molar-refractivity contribution in [3.05, 3.63) is 41.5 Å². The van der Waals surface area contributed by atoms with Crippen LogP contribution in [0.4, 0.5) is 0 Å². The Morgan fingerprint density at radius 1 is 1.19 bits per heavy atom. The standard InChI is InChI=1S/C18H16O3/c1-18-7-6-13-12-5-3-11(19)8-10(12)2-4-14(13)17(18)15(20)9-16(18)21/h2-5,8,17,19H,6-7,9H2,1H3/t17-,18-/m1/s1. The summed E-state index contributed by atoms with van der Waals surface area (Å²) in [5.41, 5.74) is 1.66. The highest BCUT2D eigenvalue weighted by molar-refractivity contribution is 6.14. The van der Waals surface area contributed by atoms with Gasteiger partial charge in [0.2, 0.25) is 0 Å². The van der Waals surface area contributed by atoms with Gasteiger partial charge in [0.25, 0.3) is 0 Å². The van der Waals surface area contributed by atoms with Gasteiger partial charge in [-0.1, -0.05) is 25.1 Å². The van der Waals surface area contributed by atoms with Gasteiger partial charge in [0.15, 0.2) is 0 Å². The summed E-state index contributed by atoms with van der Waals surface area (Å²) in [5.74, 6) is 0.109. The number of rotatable bonds is 0. The van der Waals surface area contributed by atoms with Crippen molar-refractivity contribution in [2.45, 2.75) is 32.1 Å². The number of Topliss-reactive ketones (excluding diaryl/α,β-unsaturated/α-hetero) is 2. The molecule has 0 aromatic heterocycles. The molecular weight excluding hydrogens is 264 g/mol. The van der Waals surface area contributed by atoms with Gasteiger partial charge in [-0.3, -0.25) is 9.59 Å². The predicted octanol–water partition coefficient (Wildman–Crippen LogP) is 3.12. The summed E-state index contributed by atoms with van der Waals surface area (Å²) in [6.45, 7) is 1.94. The first kappa shape index (κ1) is 12.6. The van der Waals surface area contributed by atoms with Crippen molar-refractivity contribution in [2.24, 2.45) is 5.41 Å². The van der Waals surface area contributed by atoms with Crippen molar-refractivity contribution in [3.8, 4) is 5.75 Å². The number of aromatic hydroxyl groups is 1. The first-order chi connectivity index (χ1) is 10.0. The Kier molecular flexibility index (Phi) is 2.36. The van der Waals surface area contributed by atoms with Crippen LogP contribution >= 0.6 is 0 Å². The molecule has 1 fully saturated rings. The van der Waals surface area contributed by atoms with Crippen LogP contribution in [0, 0.1) is 5.41 Å². The second kappa shape index (κ2) is 3.94.